The average Bonchev–Trinajstić information content (AvgIpc) is 3.39. The van der Waals surface area contributed by atoms with E-state index in [1.54, 1.807) is 0 Å². The zero-order valence-corrected chi connectivity index (χ0v) is 18.8. The zero-order valence-electron chi connectivity index (χ0n) is 18.0. The number of nitrogens with two attached hydrogens (primary N) is 1. The van der Waals surface area contributed by atoms with Crippen LogP contribution in [0.25, 0.3) is 21.6 Å². The Morgan fingerprint density at radius 3 is 2.81 bits per heavy atom. The number of carbonyl (C=O) groups is 1. The first-order valence-corrected chi connectivity index (χ1v) is 11.7. The molecule has 0 spiro atoms. The maximum atomic E-state index is 12.9. The Bertz CT molecular complexity index is 1120. The number of amides is 1. The molecule has 1 atom stereocenters. The van der Waals surface area contributed by atoms with Gasteiger partial charge in [-0.25, -0.2) is 4.98 Å². The summed E-state index contributed by atoms with van der Waals surface area (Å²) in [5.41, 5.74) is 9.72. The molecule has 3 N–H and O–H groups in total. The van der Waals surface area contributed by atoms with Crippen molar-refractivity contribution in [1.82, 2.24) is 19.6 Å². The number of rotatable bonds is 4. The molecule has 0 aromatic carbocycles. The Labute approximate surface area is 185 Å². The molecule has 1 amide bonds. The third-order valence-corrected chi connectivity index (χ3v) is 7.60. The predicted octanol–water partition coefficient (Wildman–Crippen LogP) is 3.30. The lowest BCUT2D eigenvalue weighted by Gasteiger charge is -2.37. The minimum atomic E-state index is -0.669. The van der Waals surface area contributed by atoms with Gasteiger partial charge in [-0.1, -0.05) is 19.3 Å². The molecule has 3 aromatic heterocycles. The highest BCUT2D eigenvalue weighted by Gasteiger charge is 2.42. The molecule has 0 radical (unpaired) electrons. The highest BCUT2D eigenvalue weighted by Crippen LogP contribution is 2.45. The molecule has 9 heteroatoms. The van der Waals surface area contributed by atoms with Crippen LogP contribution in [0.5, 0.6) is 0 Å². The number of carbonyl (C=O) groups excluding carboxylic acids is 1. The lowest BCUT2D eigenvalue weighted by atomic mass is 9.69. The lowest BCUT2D eigenvalue weighted by Crippen LogP contribution is -2.45. The van der Waals surface area contributed by atoms with E-state index < -0.39 is 5.41 Å². The Balaban J connectivity index is 1.75. The van der Waals surface area contributed by atoms with Gasteiger partial charge in [0.15, 0.2) is 0 Å². The van der Waals surface area contributed by atoms with E-state index in [2.05, 4.69) is 28.1 Å². The van der Waals surface area contributed by atoms with Gasteiger partial charge in [0.2, 0.25) is 5.91 Å². The number of aromatic amines is 1. The minimum absolute atomic E-state index is 0.201. The number of primary amides is 1. The van der Waals surface area contributed by atoms with Crippen LogP contribution in [0, 0.1) is 6.92 Å². The molecule has 5 rings (SSSR count). The van der Waals surface area contributed by atoms with Crippen molar-refractivity contribution >= 4 is 33.5 Å². The zero-order chi connectivity index (χ0) is 21.6. The van der Waals surface area contributed by atoms with Gasteiger partial charge in [0.1, 0.15) is 17.0 Å². The van der Waals surface area contributed by atoms with Crippen LogP contribution in [0.3, 0.4) is 0 Å². The molecule has 3 aromatic rings. The second kappa shape index (κ2) is 7.87. The Kier molecular flexibility index (Phi) is 5.18. The lowest BCUT2D eigenvalue weighted by molar-refractivity contribution is -0.124. The van der Waals surface area contributed by atoms with Crippen LogP contribution in [-0.2, 0) is 14.9 Å². The number of nitrogens with one attached hydrogen (secondary N) is 1. The van der Waals surface area contributed by atoms with Crippen LogP contribution >= 0.6 is 11.5 Å². The van der Waals surface area contributed by atoms with Crippen molar-refractivity contribution in [3.8, 4) is 11.4 Å². The normalized spacial score (nSPS) is 21.5. The molecular weight excluding hydrogens is 412 g/mol. The molecule has 31 heavy (non-hydrogen) atoms. The largest absolute Gasteiger partial charge is 0.377 e. The highest BCUT2D eigenvalue weighted by molar-refractivity contribution is 7.13. The molecule has 1 aliphatic carbocycles. The summed E-state index contributed by atoms with van der Waals surface area (Å²) in [6.45, 7) is 6.16. The van der Waals surface area contributed by atoms with E-state index >= 15 is 0 Å². The molecule has 164 valence electrons. The van der Waals surface area contributed by atoms with E-state index in [0.29, 0.717) is 13.2 Å². The molecule has 1 saturated carbocycles. The van der Waals surface area contributed by atoms with Crippen molar-refractivity contribution in [1.29, 1.82) is 0 Å². The van der Waals surface area contributed by atoms with Crippen LogP contribution in [0.1, 0.15) is 50.3 Å². The number of morpholine rings is 1. The van der Waals surface area contributed by atoms with E-state index in [-0.39, 0.29) is 11.9 Å². The molecule has 1 aliphatic heterocycles. The fourth-order valence-electron chi connectivity index (χ4n) is 5.00. The van der Waals surface area contributed by atoms with E-state index in [1.165, 1.54) is 11.5 Å². The maximum absolute atomic E-state index is 12.9. The predicted molar refractivity (Wildman–Crippen MR) is 121 cm³/mol. The summed E-state index contributed by atoms with van der Waals surface area (Å²) in [6, 6.07) is 4.27. The Morgan fingerprint density at radius 2 is 2.13 bits per heavy atom. The van der Waals surface area contributed by atoms with Crippen LogP contribution in [0.2, 0.25) is 0 Å². The van der Waals surface area contributed by atoms with Crippen molar-refractivity contribution in [3.05, 3.63) is 23.4 Å². The molecule has 1 unspecified atom stereocenters. The number of hydrogen-bond acceptors (Lipinski definition) is 7. The molecule has 4 heterocycles. The number of nitrogens with zero attached hydrogens (tertiary/aromatic N) is 4. The summed E-state index contributed by atoms with van der Waals surface area (Å²) < 4.78 is 11.3. The number of aryl methyl sites for hydroxylation is 1. The molecule has 8 nitrogen and oxygen atoms in total. The van der Waals surface area contributed by atoms with Crippen molar-refractivity contribution in [2.75, 3.05) is 24.7 Å². The summed E-state index contributed by atoms with van der Waals surface area (Å²) >= 11 is 1.40. The van der Waals surface area contributed by atoms with E-state index in [9.17, 15) is 4.79 Å². The number of hydrogen-bond donors (Lipinski definition) is 2. The average molecular weight is 441 g/mol. The van der Waals surface area contributed by atoms with Crippen molar-refractivity contribution in [2.45, 2.75) is 57.4 Å². The number of aromatic nitrogens is 4. The first-order chi connectivity index (χ1) is 15.0. The van der Waals surface area contributed by atoms with Crippen LogP contribution in [0.4, 0.5) is 5.82 Å². The number of anilines is 1. The quantitative estimate of drug-likeness (QED) is 0.644. The van der Waals surface area contributed by atoms with Gasteiger partial charge >= 0.3 is 0 Å². The first-order valence-electron chi connectivity index (χ1n) is 11.0. The molecule has 0 bridgehead atoms. The van der Waals surface area contributed by atoms with E-state index in [1.807, 2.05) is 13.0 Å². The molecular formula is C22H28N6O2S. The summed E-state index contributed by atoms with van der Waals surface area (Å²) in [6.07, 6.45) is 4.69. The van der Waals surface area contributed by atoms with Gasteiger partial charge in [0.25, 0.3) is 0 Å². The van der Waals surface area contributed by atoms with Gasteiger partial charge in [-0.3, -0.25) is 9.89 Å². The summed E-state index contributed by atoms with van der Waals surface area (Å²) in [5.74, 6) is 0.621. The second-order valence-corrected chi connectivity index (χ2v) is 9.56. The Morgan fingerprint density at radius 1 is 1.32 bits per heavy atom. The van der Waals surface area contributed by atoms with E-state index in [0.717, 1.165) is 77.3 Å². The fourth-order valence-corrected chi connectivity index (χ4v) is 5.95. The van der Waals surface area contributed by atoms with Gasteiger partial charge in [0.05, 0.1) is 40.8 Å². The van der Waals surface area contributed by atoms with Crippen molar-refractivity contribution in [2.24, 2.45) is 5.73 Å². The topological polar surface area (TPSA) is 110 Å². The van der Waals surface area contributed by atoms with Gasteiger partial charge in [-0.2, -0.15) is 9.47 Å². The monoisotopic (exact) mass is 440 g/mol. The summed E-state index contributed by atoms with van der Waals surface area (Å²) in [5, 5.41) is 7.34. The number of fused-ring (bicyclic) bond motifs is 1. The van der Waals surface area contributed by atoms with E-state index in [4.69, 9.17) is 19.8 Å². The van der Waals surface area contributed by atoms with Crippen molar-refractivity contribution in [3.63, 3.8) is 0 Å². The van der Waals surface area contributed by atoms with Gasteiger partial charge in [-0.05, 0) is 55.9 Å². The fraction of sp³-hybridized carbons (Fsp3) is 0.545. The smallest absolute Gasteiger partial charge is 0.228 e. The second-order valence-electron chi connectivity index (χ2n) is 8.78. The van der Waals surface area contributed by atoms with Gasteiger partial charge < -0.3 is 15.4 Å². The van der Waals surface area contributed by atoms with Gasteiger partial charge in [0, 0.05) is 6.54 Å². The molecule has 2 fully saturated rings. The molecule has 2 aliphatic rings. The minimum Gasteiger partial charge on any atom is -0.377 e. The maximum Gasteiger partial charge on any atom is 0.228 e. The van der Waals surface area contributed by atoms with Crippen LogP contribution in [0.15, 0.2) is 12.1 Å². The molecule has 1 saturated heterocycles. The highest BCUT2D eigenvalue weighted by atomic mass is 32.1. The third kappa shape index (κ3) is 3.40. The third-order valence-electron chi connectivity index (χ3n) is 6.73. The number of H-pyrrole nitrogens is 1. The summed E-state index contributed by atoms with van der Waals surface area (Å²) in [7, 11) is 0. The summed E-state index contributed by atoms with van der Waals surface area (Å²) in [4.78, 5) is 20.2. The number of ether oxygens (including phenoxy) is 1. The SMILES string of the molecule is Cc1cc(-c2nsc3c(C4(C(N)=O)CCCCC4)cc(N4CCOCC4C)nc23)[nH]n1. The van der Waals surface area contributed by atoms with Crippen LogP contribution in [-0.4, -0.2) is 51.3 Å². The number of pyridine rings is 1. The van der Waals surface area contributed by atoms with Gasteiger partial charge in [-0.15, -0.1) is 0 Å². The van der Waals surface area contributed by atoms with Crippen molar-refractivity contribution < 1.29 is 9.53 Å². The Hall–Kier alpha value is -2.52. The van der Waals surface area contributed by atoms with Crippen LogP contribution < -0.4 is 10.6 Å². The standard InChI is InChI=1S/C22H28N6O2S/c1-13-10-16(26-25-13)18-19-20(31-27-18)15(22(21(23)29)6-4-3-5-7-22)11-17(24-19)28-8-9-30-12-14(28)2/h10-11,14H,3-9,12H2,1-2H3,(H2,23,29)(H,25,26). The first kappa shape index (κ1) is 20.4.